The van der Waals surface area contributed by atoms with Crippen LogP contribution in [0, 0.1) is 0 Å². The van der Waals surface area contributed by atoms with Gasteiger partial charge in [0.05, 0.1) is 6.54 Å². The summed E-state index contributed by atoms with van der Waals surface area (Å²) >= 11 is 6.37. The molecule has 0 aliphatic carbocycles. The number of fused-ring (bicyclic) bond motifs is 1. The number of hydrogen-bond acceptors (Lipinski definition) is 4. The third-order valence-electron chi connectivity index (χ3n) is 5.44. The van der Waals surface area contributed by atoms with Crippen molar-refractivity contribution < 1.29 is 4.79 Å². The Balaban J connectivity index is 1.37. The molecule has 6 heteroatoms. The van der Waals surface area contributed by atoms with Gasteiger partial charge >= 0.3 is 0 Å². The van der Waals surface area contributed by atoms with Gasteiger partial charge in [0.1, 0.15) is 11.0 Å². The average molecular weight is 373 g/mol. The number of likely N-dealkylation sites (tertiary alicyclic amines) is 1. The van der Waals surface area contributed by atoms with E-state index in [1.807, 2.05) is 23.1 Å². The molecule has 0 unspecified atom stereocenters. The fourth-order valence-corrected chi connectivity index (χ4v) is 4.13. The minimum Gasteiger partial charge on any atom is -0.354 e. The van der Waals surface area contributed by atoms with Gasteiger partial charge in [-0.25, -0.2) is 4.98 Å². The molecule has 0 N–H and O–H groups in total. The largest absolute Gasteiger partial charge is 0.354 e. The zero-order valence-electron chi connectivity index (χ0n) is 15.0. The molecule has 0 radical (unpaired) electrons. The van der Waals surface area contributed by atoms with E-state index in [4.69, 9.17) is 11.6 Å². The molecular formula is C20H25ClN4O. The summed E-state index contributed by atoms with van der Waals surface area (Å²) in [4.78, 5) is 23.6. The molecule has 1 amide bonds. The summed E-state index contributed by atoms with van der Waals surface area (Å²) in [5.74, 6) is 1.21. The van der Waals surface area contributed by atoms with E-state index in [2.05, 4.69) is 26.9 Å². The van der Waals surface area contributed by atoms with E-state index in [-0.39, 0.29) is 5.91 Å². The first-order valence-electron chi connectivity index (χ1n) is 9.51. The van der Waals surface area contributed by atoms with Crippen LogP contribution in [0.25, 0.3) is 10.8 Å². The van der Waals surface area contributed by atoms with Crippen molar-refractivity contribution in [2.75, 3.05) is 50.7 Å². The van der Waals surface area contributed by atoms with Crippen LogP contribution in [-0.4, -0.2) is 66.5 Å². The highest BCUT2D eigenvalue weighted by molar-refractivity contribution is 6.34. The van der Waals surface area contributed by atoms with Gasteiger partial charge in [0.2, 0.25) is 5.91 Å². The Labute approximate surface area is 159 Å². The summed E-state index contributed by atoms with van der Waals surface area (Å²) in [5, 5.41) is 2.66. The number of aromatic nitrogens is 1. The van der Waals surface area contributed by atoms with Gasteiger partial charge in [-0.3, -0.25) is 9.69 Å². The lowest BCUT2D eigenvalue weighted by Crippen LogP contribution is -2.50. The van der Waals surface area contributed by atoms with Crippen molar-refractivity contribution in [2.45, 2.75) is 19.3 Å². The molecule has 2 aliphatic heterocycles. The quantitative estimate of drug-likeness (QED) is 0.776. The van der Waals surface area contributed by atoms with Crippen LogP contribution >= 0.6 is 11.6 Å². The summed E-state index contributed by atoms with van der Waals surface area (Å²) < 4.78 is 0. The highest BCUT2D eigenvalue weighted by Crippen LogP contribution is 2.26. The highest BCUT2D eigenvalue weighted by Gasteiger charge is 2.23. The van der Waals surface area contributed by atoms with Crippen molar-refractivity contribution in [2.24, 2.45) is 0 Å². The highest BCUT2D eigenvalue weighted by atomic mass is 35.5. The van der Waals surface area contributed by atoms with Crippen LogP contribution in [0.2, 0.25) is 5.15 Å². The topological polar surface area (TPSA) is 39.7 Å². The minimum atomic E-state index is 0.282. The second kappa shape index (κ2) is 7.80. The van der Waals surface area contributed by atoms with Crippen LogP contribution in [0.15, 0.2) is 30.3 Å². The molecular weight excluding hydrogens is 348 g/mol. The lowest BCUT2D eigenvalue weighted by Gasteiger charge is -2.36. The Bertz CT molecular complexity index is 782. The molecule has 2 saturated heterocycles. The first-order chi connectivity index (χ1) is 12.7. The molecule has 26 heavy (non-hydrogen) atoms. The van der Waals surface area contributed by atoms with Crippen molar-refractivity contribution in [3.63, 3.8) is 0 Å². The predicted octanol–water partition coefficient (Wildman–Crippen LogP) is 3.02. The Morgan fingerprint density at radius 3 is 2.50 bits per heavy atom. The molecule has 2 fully saturated rings. The van der Waals surface area contributed by atoms with Crippen LogP contribution in [0.3, 0.4) is 0 Å². The van der Waals surface area contributed by atoms with E-state index < -0.39 is 0 Å². The average Bonchev–Trinajstić information content (AvgIpc) is 2.69. The third-order valence-corrected chi connectivity index (χ3v) is 5.73. The Hall–Kier alpha value is -1.85. The molecule has 2 aliphatic rings. The second-order valence-corrected chi connectivity index (χ2v) is 7.56. The number of carbonyl (C=O) groups excluding carboxylic acids is 1. The van der Waals surface area contributed by atoms with E-state index in [1.54, 1.807) is 0 Å². The molecule has 0 bridgehead atoms. The lowest BCUT2D eigenvalue weighted by atomic mass is 10.1. The van der Waals surface area contributed by atoms with Crippen molar-refractivity contribution in [3.05, 3.63) is 35.5 Å². The van der Waals surface area contributed by atoms with Crippen LogP contribution in [0.1, 0.15) is 19.3 Å². The van der Waals surface area contributed by atoms with Gasteiger partial charge in [-0.2, -0.15) is 0 Å². The zero-order valence-corrected chi connectivity index (χ0v) is 15.8. The summed E-state index contributed by atoms with van der Waals surface area (Å²) in [6, 6.07) is 10.2. The fourth-order valence-electron chi connectivity index (χ4n) is 3.87. The molecule has 0 atom stereocenters. The molecule has 4 rings (SSSR count). The maximum absolute atomic E-state index is 12.4. The molecule has 138 valence electrons. The summed E-state index contributed by atoms with van der Waals surface area (Å²) in [6.07, 6.45) is 3.55. The molecule has 2 aromatic rings. The van der Waals surface area contributed by atoms with Gasteiger partial charge in [0.15, 0.2) is 0 Å². The van der Waals surface area contributed by atoms with Gasteiger partial charge in [0, 0.05) is 44.7 Å². The number of nitrogens with zero attached hydrogens (tertiary/aromatic N) is 4. The van der Waals surface area contributed by atoms with E-state index in [0.717, 1.165) is 68.7 Å². The predicted molar refractivity (Wildman–Crippen MR) is 106 cm³/mol. The summed E-state index contributed by atoms with van der Waals surface area (Å²) in [6.45, 7) is 5.90. The number of piperidine rings is 1. The molecule has 1 aromatic heterocycles. The number of carbonyl (C=O) groups is 1. The van der Waals surface area contributed by atoms with Crippen LogP contribution in [0.4, 0.5) is 5.82 Å². The van der Waals surface area contributed by atoms with Gasteiger partial charge in [-0.15, -0.1) is 0 Å². The number of halogens is 1. The van der Waals surface area contributed by atoms with Crippen molar-refractivity contribution in [1.82, 2.24) is 14.8 Å². The monoisotopic (exact) mass is 372 g/mol. The van der Waals surface area contributed by atoms with E-state index in [9.17, 15) is 4.79 Å². The molecule has 1 aromatic carbocycles. The number of benzene rings is 1. The maximum atomic E-state index is 12.4. The van der Waals surface area contributed by atoms with Gasteiger partial charge in [0.25, 0.3) is 0 Å². The number of piperazine rings is 1. The minimum absolute atomic E-state index is 0.282. The maximum Gasteiger partial charge on any atom is 0.236 e. The molecule has 3 heterocycles. The van der Waals surface area contributed by atoms with E-state index >= 15 is 0 Å². The number of amides is 1. The molecule has 0 spiro atoms. The smallest absolute Gasteiger partial charge is 0.236 e. The number of rotatable bonds is 3. The summed E-state index contributed by atoms with van der Waals surface area (Å²) in [7, 11) is 0. The van der Waals surface area contributed by atoms with Crippen LogP contribution in [0.5, 0.6) is 0 Å². The lowest BCUT2D eigenvalue weighted by molar-refractivity contribution is -0.133. The zero-order chi connectivity index (χ0) is 17.9. The first-order valence-corrected chi connectivity index (χ1v) is 9.89. The number of anilines is 1. The Morgan fingerprint density at radius 2 is 1.73 bits per heavy atom. The third kappa shape index (κ3) is 3.79. The first kappa shape index (κ1) is 17.6. The van der Waals surface area contributed by atoms with Crippen molar-refractivity contribution >= 4 is 34.1 Å². The Kier molecular flexibility index (Phi) is 5.27. The normalized spacial score (nSPS) is 19.1. The summed E-state index contributed by atoms with van der Waals surface area (Å²) in [5.41, 5.74) is 0. The van der Waals surface area contributed by atoms with E-state index in [0.29, 0.717) is 11.7 Å². The number of pyridine rings is 1. The SMILES string of the molecule is O=C(CN1CCN(c2cc3ccccc3c(Cl)n2)CC1)N1CCCCC1. The number of hydrogen-bond donors (Lipinski definition) is 0. The fraction of sp³-hybridized carbons (Fsp3) is 0.500. The molecule has 5 nitrogen and oxygen atoms in total. The van der Waals surface area contributed by atoms with Gasteiger partial charge in [-0.05, 0) is 30.7 Å². The van der Waals surface area contributed by atoms with Crippen LogP contribution < -0.4 is 4.90 Å². The van der Waals surface area contributed by atoms with Crippen LogP contribution in [-0.2, 0) is 4.79 Å². The van der Waals surface area contributed by atoms with Gasteiger partial charge in [-0.1, -0.05) is 35.9 Å². The van der Waals surface area contributed by atoms with E-state index in [1.165, 1.54) is 6.42 Å². The van der Waals surface area contributed by atoms with Crippen molar-refractivity contribution in [1.29, 1.82) is 0 Å². The van der Waals surface area contributed by atoms with Crippen molar-refractivity contribution in [3.8, 4) is 0 Å². The second-order valence-electron chi connectivity index (χ2n) is 7.20. The molecule has 0 saturated carbocycles. The van der Waals surface area contributed by atoms with Gasteiger partial charge < -0.3 is 9.80 Å². The Morgan fingerprint density at radius 1 is 1.00 bits per heavy atom. The standard InChI is InChI=1S/C20H25ClN4O/c21-20-17-7-3-2-6-16(17)14-18(22-20)24-12-10-23(11-13-24)15-19(26)25-8-4-1-5-9-25/h2-3,6-7,14H,1,4-5,8-13,15H2.